The number of rotatable bonds is 5. The Kier molecular flexibility index (Phi) is 6.28. The Labute approximate surface area is 131 Å². The first-order valence-corrected chi connectivity index (χ1v) is 6.22. The van der Waals surface area contributed by atoms with Crippen molar-refractivity contribution in [3.05, 3.63) is 42.2 Å². The van der Waals surface area contributed by atoms with Crippen LogP contribution in [0.2, 0.25) is 0 Å². The number of hydrogen-bond donors (Lipinski definition) is 2. The van der Waals surface area contributed by atoms with Gasteiger partial charge in [-0.2, -0.15) is 0 Å². The van der Waals surface area contributed by atoms with E-state index in [0.717, 1.165) is 0 Å². The van der Waals surface area contributed by atoms with Gasteiger partial charge in [-0.1, -0.05) is 12.1 Å². The van der Waals surface area contributed by atoms with Crippen LogP contribution in [0.3, 0.4) is 0 Å². The van der Waals surface area contributed by atoms with Gasteiger partial charge in [-0.3, -0.25) is 0 Å². The van der Waals surface area contributed by atoms with Crippen LogP contribution in [0.5, 0.6) is 5.75 Å². The highest BCUT2D eigenvalue weighted by Crippen LogP contribution is 2.35. The molecule has 0 saturated heterocycles. The predicted octanol–water partition coefficient (Wildman–Crippen LogP) is 3.65. The van der Waals surface area contributed by atoms with Gasteiger partial charge in [0.15, 0.2) is 0 Å². The molecule has 1 unspecified atom stereocenters. The highest BCUT2D eigenvalue weighted by atomic mass is 35.5. The molecule has 0 bridgehead atoms. The summed E-state index contributed by atoms with van der Waals surface area (Å²) in [7, 11) is 0. The summed E-state index contributed by atoms with van der Waals surface area (Å²) in [6, 6.07) is 8.25. The maximum Gasteiger partial charge on any atom is 0.573 e. The second-order valence-electron chi connectivity index (χ2n) is 4.36. The number of alkyl halides is 3. The number of hydrogen-bond acceptors (Lipinski definition) is 4. The van der Waals surface area contributed by atoms with Crippen molar-refractivity contribution in [2.24, 2.45) is 5.73 Å². The first-order chi connectivity index (χ1) is 9.90. The molecule has 0 amide bonds. The van der Waals surface area contributed by atoms with Gasteiger partial charge in [0.1, 0.15) is 17.3 Å². The topological polar surface area (TPSA) is 68.6 Å². The fraction of sp³-hybridized carbons (Fsp3) is 0.286. The van der Waals surface area contributed by atoms with E-state index in [0.29, 0.717) is 12.2 Å². The molecule has 122 valence electrons. The van der Waals surface area contributed by atoms with Crippen LogP contribution in [-0.4, -0.2) is 18.1 Å². The van der Waals surface area contributed by atoms with E-state index in [4.69, 9.17) is 15.3 Å². The Morgan fingerprint density at radius 1 is 1.18 bits per heavy atom. The average molecular weight is 338 g/mol. The van der Waals surface area contributed by atoms with Crippen molar-refractivity contribution >= 4 is 12.4 Å². The molecule has 0 radical (unpaired) electrons. The van der Waals surface area contributed by atoms with Crippen molar-refractivity contribution in [1.29, 1.82) is 0 Å². The summed E-state index contributed by atoms with van der Waals surface area (Å²) < 4.78 is 46.5. The quantitative estimate of drug-likeness (QED) is 0.874. The van der Waals surface area contributed by atoms with E-state index >= 15 is 0 Å². The van der Waals surface area contributed by atoms with Crippen LogP contribution in [0.15, 0.2) is 40.8 Å². The second-order valence-corrected chi connectivity index (χ2v) is 4.36. The van der Waals surface area contributed by atoms with Gasteiger partial charge in [0, 0.05) is 6.61 Å². The molecule has 1 aromatic heterocycles. The molecule has 1 atom stereocenters. The van der Waals surface area contributed by atoms with E-state index in [1.165, 1.54) is 24.3 Å². The number of furan rings is 1. The smallest absolute Gasteiger partial charge is 0.459 e. The number of nitrogens with two attached hydrogens (primary N) is 1. The largest absolute Gasteiger partial charge is 0.573 e. The minimum Gasteiger partial charge on any atom is -0.459 e. The molecule has 1 heterocycles. The standard InChI is InChI=1S/C14H14F3NO3.ClH/c15-14(16,17)21-12-4-2-1-3-9(12)11-5-6-13(20-11)10(18)7-8-19;/h1-6,10,19H,7-8,18H2;1H. The maximum absolute atomic E-state index is 12.4. The Morgan fingerprint density at radius 3 is 2.50 bits per heavy atom. The van der Waals surface area contributed by atoms with E-state index in [2.05, 4.69) is 4.74 Å². The van der Waals surface area contributed by atoms with Gasteiger partial charge in [0.05, 0.1) is 11.6 Å². The third kappa shape index (κ3) is 4.66. The van der Waals surface area contributed by atoms with Crippen molar-refractivity contribution in [3.63, 3.8) is 0 Å². The van der Waals surface area contributed by atoms with Crippen LogP contribution in [-0.2, 0) is 0 Å². The van der Waals surface area contributed by atoms with Gasteiger partial charge in [-0.15, -0.1) is 25.6 Å². The third-order valence-corrected chi connectivity index (χ3v) is 2.81. The third-order valence-electron chi connectivity index (χ3n) is 2.81. The van der Waals surface area contributed by atoms with E-state index in [9.17, 15) is 13.2 Å². The monoisotopic (exact) mass is 337 g/mol. The fourth-order valence-corrected chi connectivity index (χ4v) is 1.86. The number of para-hydroxylation sites is 1. The molecule has 2 aromatic rings. The van der Waals surface area contributed by atoms with Crippen LogP contribution >= 0.6 is 12.4 Å². The van der Waals surface area contributed by atoms with Crippen LogP contribution < -0.4 is 10.5 Å². The van der Waals surface area contributed by atoms with Crippen molar-refractivity contribution in [2.75, 3.05) is 6.61 Å². The van der Waals surface area contributed by atoms with Gasteiger partial charge < -0.3 is 20.0 Å². The molecule has 2 rings (SSSR count). The molecule has 3 N–H and O–H groups in total. The van der Waals surface area contributed by atoms with Gasteiger partial charge in [0.2, 0.25) is 0 Å². The molecule has 0 spiro atoms. The molecule has 0 aliphatic carbocycles. The summed E-state index contributed by atoms with van der Waals surface area (Å²) in [5.41, 5.74) is 5.95. The van der Waals surface area contributed by atoms with E-state index in [1.54, 1.807) is 12.1 Å². The van der Waals surface area contributed by atoms with Crippen LogP contribution in [0, 0.1) is 0 Å². The van der Waals surface area contributed by atoms with Crippen LogP contribution in [0.4, 0.5) is 13.2 Å². The predicted molar refractivity (Wildman–Crippen MR) is 76.7 cm³/mol. The molecule has 0 aliphatic rings. The molecule has 0 fully saturated rings. The van der Waals surface area contributed by atoms with Gasteiger partial charge in [-0.05, 0) is 30.7 Å². The molecular formula is C14H15ClF3NO3. The highest BCUT2D eigenvalue weighted by Gasteiger charge is 2.32. The summed E-state index contributed by atoms with van der Waals surface area (Å²) in [6.07, 6.45) is -4.48. The van der Waals surface area contributed by atoms with Gasteiger partial charge in [-0.25, -0.2) is 0 Å². The molecule has 4 nitrogen and oxygen atoms in total. The lowest BCUT2D eigenvalue weighted by molar-refractivity contribution is -0.274. The lowest BCUT2D eigenvalue weighted by Gasteiger charge is -2.12. The number of halogens is 4. The molecule has 0 aliphatic heterocycles. The summed E-state index contributed by atoms with van der Waals surface area (Å²) in [5.74, 6) is 0.265. The minimum absolute atomic E-state index is 0. The Balaban J connectivity index is 0.00000242. The first kappa shape index (κ1) is 18.3. The SMILES string of the molecule is Cl.NC(CCO)c1ccc(-c2ccccc2OC(F)(F)F)o1. The zero-order valence-corrected chi connectivity index (χ0v) is 12.2. The zero-order chi connectivity index (χ0) is 15.5. The maximum atomic E-state index is 12.4. The second kappa shape index (κ2) is 7.53. The normalized spacial score (nSPS) is 12.6. The minimum atomic E-state index is -4.78. The number of aliphatic hydroxyl groups is 1. The molecular weight excluding hydrogens is 323 g/mol. The van der Waals surface area contributed by atoms with E-state index < -0.39 is 12.4 Å². The molecule has 22 heavy (non-hydrogen) atoms. The van der Waals surface area contributed by atoms with Gasteiger partial charge >= 0.3 is 6.36 Å². The van der Waals surface area contributed by atoms with Gasteiger partial charge in [0.25, 0.3) is 0 Å². The summed E-state index contributed by atoms with van der Waals surface area (Å²) in [6.45, 7) is -0.106. The summed E-state index contributed by atoms with van der Waals surface area (Å²) in [4.78, 5) is 0. The van der Waals surface area contributed by atoms with E-state index in [-0.39, 0.29) is 36.1 Å². The lowest BCUT2D eigenvalue weighted by atomic mass is 10.1. The number of benzene rings is 1. The fourth-order valence-electron chi connectivity index (χ4n) is 1.86. The van der Waals surface area contributed by atoms with Crippen LogP contribution in [0.1, 0.15) is 18.2 Å². The molecule has 8 heteroatoms. The van der Waals surface area contributed by atoms with Crippen molar-refractivity contribution in [2.45, 2.75) is 18.8 Å². The Morgan fingerprint density at radius 2 is 1.86 bits per heavy atom. The summed E-state index contributed by atoms with van der Waals surface area (Å²) in [5, 5.41) is 8.83. The zero-order valence-electron chi connectivity index (χ0n) is 11.3. The van der Waals surface area contributed by atoms with Crippen molar-refractivity contribution in [1.82, 2.24) is 0 Å². The lowest BCUT2D eigenvalue weighted by Crippen LogP contribution is -2.17. The first-order valence-electron chi connectivity index (χ1n) is 6.22. The van der Waals surface area contributed by atoms with Crippen LogP contribution in [0.25, 0.3) is 11.3 Å². The summed E-state index contributed by atoms with van der Waals surface area (Å²) >= 11 is 0. The Hall–Kier alpha value is -1.70. The Bertz CT molecular complexity index is 601. The van der Waals surface area contributed by atoms with E-state index in [1.807, 2.05) is 0 Å². The highest BCUT2D eigenvalue weighted by molar-refractivity contribution is 5.85. The number of ether oxygens (including phenoxy) is 1. The average Bonchev–Trinajstić information content (AvgIpc) is 2.87. The molecule has 1 aromatic carbocycles. The van der Waals surface area contributed by atoms with Crippen molar-refractivity contribution in [3.8, 4) is 17.1 Å². The van der Waals surface area contributed by atoms with Crippen molar-refractivity contribution < 1.29 is 27.4 Å². The number of aliphatic hydroxyl groups excluding tert-OH is 1. The molecule has 0 saturated carbocycles.